The van der Waals surface area contributed by atoms with Crippen molar-refractivity contribution in [3.63, 3.8) is 0 Å². The first-order valence-electron chi connectivity index (χ1n) is 5.62. The quantitative estimate of drug-likeness (QED) is 0.626. The lowest BCUT2D eigenvalue weighted by Crippen LogP contribution is -1.87. The van der Waals surface area contributed by atoms with Crippen LogP contribution in [-0.2, 0) is 0 Å². The van der Waals surface area contributed by atoms with Crippen LogP contribution in [0.3, 0.4) is 0 Å². The van der Waals surface area contributed by atoms with Gasteiger partial charge in [0.2, 0.25) is 0 Å². The minimum atomic E-state index is 0.975. The van der Waals surface area contributed by atoms with Crippen molar-refractivity contribution in [1.82, 2.24) is 9.97 Å². The predicted molar refractivity (Wildman–Crippen MR) is 69.7 cm³/mol. The van der Waals surface area contributed by atoms with E-state index in [9.17, 15) is 0 Å². The van der Waals surface area contributed by atoms with Gasteiger partial charge < -0.3 is 0 Å². The molecule has 0 fully saturated rings. The molecule has 82 valence electrons. The number of aromatic nitrogens is 2. The monoisotopic (exact) mass is 220 g/mol. The molecule has 0 amide bonds. The third kappa shape index (κ3) is 1.89. The van der Waals surface area contributed by atoms with Gasteiger partial charge in [-0.25, -0.2) is 0 Å². The normalized spacial score (nSPS) is 10.6. The molecule has 0 saturated carbocycles. The van der Waals surface area contributed by atoms with Crippen LogP contribution in [0, 0.1) is 6.92 Å². The van der Waals surface area contributed by atoms with Gasteiger partial charge >= 0.3 is 0 Å². The number of hydrogen-bond acceptors (Lipinski definition) is 2. The van der Waals surface area contributed by atoms with Crippen LogP contribution in [0.5, 0.6) is 0 Å². The molecule has 0 bridgehead atoms. The van der Waals surface area contributed by atoms with E-state index in [0.29, 0.717) is 0 Å². The summed E-state index contributed by atoms with van der Waals surface area (Å²) in [5, 5.41) is 1.15. The standard InChI is InChI=1S/C15H12N2/c1-11-5-4-8-15(17-11)13-9-12-6-2-3-7-14(12)16-10-13/h2-10H,1H3. The van der Waals surface area contributed by atoms with Gasteiger partial charge in [-0.3, -0.25) is 9.97 Å². The highest BCUT2D eigenvalue weighted by Crippen LogP contribution is 2.20. The summed E-state index contributed by atoms with van der Waals surface area (Å²) in [6.07, 6.45) is 1.88. The van der Waals surface area contributed by atoms with Gasteiger partial charge in [-0.2, -0.15) is 0 Å². The first kappa shape index (κ1) is 9.97. The van der Waals surface area contributed by atoms with Gasteiger partial charge in [0.25, 0.3) is 0 Å². The number of para-hydroxylation sites is 1. The summed E-state index contributed by atoms with van der Waals surface area (Å²) in [5.41, 5.74) is 4.08. The van der Waals surface area contributed by atoms with Crippen molar-refractivity contribution in [1.29, 1.82) is 0 Å². The highest BCUT2D eigenvalue weighted by atomic mass is 14.7. The number of aryl methyl sites for hydroxylation is 1. The second-order valence-electron chi connectivity index (χ2n) is 4.08. The maximum Gasteiger partial charge on any atom is 0.0720 e. The van der Waals surface area contributed by atoms with Crippen LogP contribution in [0.25, 0.3) is 22.2 Å². The Labute approximate surface area is 100.0 Å². The van der Waals surface area contributed by atoms with E-state index in [2.05, 4.69) is 22.1 Å². The summed E-state index contributed by atoms with van der Waals surface area (Å²) >= 11 is 0. The summed E-state index contributed by atoms with van der Waals surface area (Å²) in [4.78, 5) is 8.96. The molecule has 0 atom stereocenters. The van der Waals surface area contributed by atoms with Gasteiger partial charge in [-0.05, 0) is 31.2 Å². The van der Waals surface area contributed by atoms with E-state index in [0.717, 1.165) is 27.9 Å². The average molecular weight is 220 g/mol. The lowest BCUT2D eigenvalue weighted by molar-refractivity contribution is 1.20. The van der Waals surface area contributed by atoms with Crippen molar-refractivity contribution in [2.45, 2.75) is 6.92 Å². The molecule has 17 heavy (non-hydrogen) atoms. The topological polar surface area (TPSA) is 25.8 Å². The van der Waals surface area contributed by atoms with Crippen LogP contribution in [0.4, 0.5) is 0 Å². The molecule has 1 aromatic carbocycles. The van der Waals surface area contributed by atoms with Crippen molar-refractivity contribution in [3.8, 4) is 11.3 Å². The largest absolute Gasteiger partial charge is 0.256 e. The molecule has 2 nitrogen and oxygen atoms in total. The molecular formula is C15H12N2. The summed E-state index contributed by atoms with van der Waals surface area (Å²) < 4.78 is 0. The molecule has 0 aliphatic rings. The van der Waals surface area contributed by atoms with Crippen LogP contribution in [0.2, 0.25) is 0 Å². The Hall–Kier alpha value is -2.22. The Bertz CT molecular complexity index is 674. The fraction of sp³-hybridized carbons (Fsp3) is 0.0667. The molecule has 0 aliphatic carbocycles. The lowest BCUT2D eigenvalue weighted by atomic mass is 10.1. The molecule has 0 unspecified atom stereocenters. The third-order valence-corrected chi connectivity index (χ3v) is 2.77. The maximum atomic E-state index is 4.51. The van der Waals surface area contributed by atoms with E-state index in [1.54, 1.807) is 0 Å². The van der Waals surface area contributed by atoms with Crippen molar-refractivity contribution >= 4 is 10.9 Å². The van der Waals surface area contributed by atoms with E-state index in [4.69, 9.17) is 0 Å². The minimum absolute atomic E-state index is 0.975. The SMILES string of the molecule is Cc1cccc(-c2cnc3ccccc3c2)n1. The number of pyridine rings is 2. The summed E-state index contributed by atoms with van der Waals surface area (Å²) in [7, 11) is 0. The van der Waals surface area contributed by atoms with Gasteiger partial charge in [0.15, 0.2) is 0 Å². The number of benzene rings is 1. The van der Waals surface area contributed by atoms with E-state index in [-0.39, 0.29) is 0 Å². The van der Waals surface area contributed by atoms with Crippen LogP contribution in [0.15, 0.2) is 54.7 Å². The first-order valence-corrected chi connectivity index (χ1v) is 5.62. The average Bonchev–Trinajstić information content (AvgIpc) is 2.38. The van der Waals surface area contributed by atoms with E-state index in [1.807, 2.05) is 49.5 Å². The molecule has 2 heterocycles. The number of rotatable bonds is 1. The Balaban J connectivity index is 2.18. The van der Waals surface area contributed by atoms with Crippen LogP contribution >= 0.6 is 0 Å². The molecule has 0 spiro atoms. The zero-order chi connectivity index (χ0) is 11.7. The van der Waals surface area contributed by atoms with Gasteiger partial charge in [-0.1, -0.05) is 24.3 Å². The molecule has 0 N–H and O–H groups in total. The fourth-order valence-electron chi connectivity index (χ4n) is 1.91. The Morgan fingerprint density at radius 3 is 2.71 bits per heavy atom. The first-order chi connectivity index (χ1) is 8.33. The van der Waals surface area contributed by atoms with Crippen LogP contribution in [-0.4, -0.2) is 9.97 Å². The van der Waals surface area contributed by atoms with E-state index < -0.39 is 0 Å². The van der Waals surface area contributed by atoms with Crippen LogP contribution < -0.4 is 0 Å². The molecule has 0 saturated heterocycles. The summed E-state index contributed by atoms with van der Waals surface area (Å²) in [5.74, 6) is 0. The Kier molecular flexibility index (Phi) is 2.33. The lowest BCUT2D eigenvalue weighted by Gasteiger charge is -2.03. The molecule has 3 rings (SSSR count). The summed E-state index contributed by atoms with van der Waals surface area (Å²) in [6.45, 7) is 2.00. The van der Waals surface area contributed by atoms with Gasteiger partial charge in [0.05, 0.1) is 11.2 Å². The van der Waals surface area contributed by atoms with E-state index in [1.165, 1.54) is 0 Å². The number of nitrogens with zero attached hydrogens (tertiary/aromatic N) is 2. The molecule has 2 heteroatoms. The highest BCUT2D eigenvalue weighted by molar-refractivity contribution is 5.82. The smallest absolute Gasteiger partial charge is 0.0720 e. The molecule has 3 aromatic rings. The van der Waals surface area contributed by atoms with Crippen molar-refractivity contribution in [2.24, 2.45) is 0 Å². The van der Waals surface area contributed by atoms with Crippen LogP contribution in [0.1, 0.15) is 5.69 Å². The minimum Gasteiger partial charge on any atom is -0.256 e. The number of hydrogen-bond donors (Lipinski definition) is 0. The van der Waals surface area contributed by atoms with Crippen molar-refractivity contribution in [3.05, 3.63) is 60.4 Å². The highest BCUT2D eigenvalue weighted by Gasteiger charge is 2.01. The van der Waals surface area contributed by atoms with Gasteiger partial charge in [-0.15, -0.1) is 0 Å². The van der Waals surface area contributed by atoms with Gasteiger partial charge in [0, 0.05) is 22.8 Å². The summed E-state index contributed by atoms with van der Waals surface area (Å²) in [6, 6.07) is 16.3. The zero-order valence-corrected chi connectivity index (χ0v) is 9.59. The molecule has 0 radical (unpaired) electrons. The second-order valence-corrected chi connectivity index (χ2v) is 4.08. The molecule has 2 aromatic heterocycles. The van der Waals surface area contributed by atoms with Gasteiger partial charge in [0.1, 0.15) is 0 Å². The maximum absolute atomic E-state index is 4.51. The predicted octanol–water partition coefficient (Wildman–Crippen LogP) is 3.61. The molecule has 0 aliphatic heterocycles. The Morgan fingerprint density at radius 1 is 0.941 bits per heavy atom. The fourth-order valence-corrected chi connectivity index (χ4v) is 1.91. The Morgan fingerprint density at radius 2 is 1.82 bits per heavy atom. The zero-order valence-electron chi connectivity index (χ0n) is 9.59. The van der Waals surface area contributed by atoms with E-state index >= 15 is 0 Å². The third-order valence-electron chi connectivity index (χ3n) is 2.77. The van der Waals surface area contributed by atoms with Crippen molar-refractivity contribution < 1.29 is 0 Å². The molecular weight excluding hydrogens is 208 g/mol. The second kappa shape index (κ2) is 3.98. The number of fused-ring (bicyclic) bond motifs is 1. The van der Waals surface area contributed by atoms with Crippen molar-refractivity contribution in [2.75, 3.05) is 0 Å².